The number of nitrogen functional groups attached to an aromatic ring is 1. The molecular weight excluding hydrogens is 272 g/mol. The summed E-state index contributed by atoms with van der Waals surface area (Å²) < 4.78 is 21.5. The molecule has 0 unspecified atom stereocenters. The van der Waals surface area contributed by atoms with Crippen molar-refractivity contribution in [2.24, 2.45) is 0 Å². The lowest BCUT2D eigenvalue weighted by atomic mass is 10.2. The van der Waals surface area contributed by atoms with Gasteiger partial charge in [-0.1, -0.05) is 0 Å². The van der Waals surface area contributed by atoms with Gasteiger partial charge in [-0.3, -0.25) is 0 Å². The Morgan fingerprint density at radius 1 is 1.05 bits per heavy atom. The van der Waals surface area contributed by atoms with Gasteiger partial charge in [0.1, 0.15) is 13.2 Å². The fraction of sp³-hybridized carbons (Fsp3) is 0.600. The monoisotopic (exact) mass is 296 g/mol. The number of fused-ring (bicyclic) bond motifs is 1. The Hall–Kier alpha value is -1.66. The number of nitrogens with zero attached hydrogens (tertiary/aromatic N) is 1. The second-order valence-corrected chi connectivity index (χ2v) is 4.88. The van der Waals surface area contributed by atoms with Crippen LogP contribution in [0.1, 0.15) is 6.42 Å². The predicted molar refractivity (Wildman–Crippen MR) is 82.4 cm³/mol. The van der Waals surface area contributed by atoms with Crippen LogP contribution in [0.2, 0.25) is 0 Å². The van der Waals surface area contributed by atoms with Gasteiger partial charge in [-0.25, -0.2) is 0 Å². The lowest BCUT2D eigenvalue weighted by Gasteiger charge is -2.28. The molecular formula is C15H24N2O4. The van der Waals surface area contributed by atoms with Crippen LogP contribution in [-0.2, 0) is 9.47 Å². The van der Waals surface area contributed by atoms with E-state index in [1.54, 1.807) is 14.2 Å². The predicted octanol–water partition coefficient (Wildman–Crippen LogP) is 1.53. The number of rotatable bonds is 8. The van der Waals surface area contributed by atoms with Crippen LogP contribution in [0.25, 0.3) is 0 Å². The first kappa shape index (κ1) is 15.7. The van der Waals surface area contributed by atoms with E-state index in [1.165, 1.54) is 0 Å². The lowest BCUT2D eigenvalue weighted by molar-refractivity contribution is 0.171. The number of hydrogen-bond donors (Lipinski definition) is 1. The molecule has 0 radical (unpaired) electrons. The van der Waals surface area contributed by atoms with Crippen molar-refractivity contribution in [1.29, 1.82) is 0 Å². The molecule has 0 saturated carbocycles. The molecule has 0 saturated heterocycles. The Labute approximate surface area is 125 Å². The zero-order chi connectivity index (χ0) is 15.1. The Morgan fingerprint density at radius 2 is 1.71 bits per heavy atom. The van der Waals surface area contributed by atoms with Gasteiger partial charge in [-0.15, -0.1) is 0 Å². The molecule has 0 aromatic heterocycles. The fourth-order valence-corrected chi connectivity index (χ4v) is 2.32. The first-order valence-electron chi connectivity index (χ1n) is 7.18. The summed E-state index contributed by atoms with van der Waals surface area (Å²) in [4.78, 5) is 2.19. The van der Waals surface area contributed by atoms with Gasteiger partial charge in [0.05, 0.1) is 18.0 Å². The van der Waals surface area contributed by atoms with Crippen molar-refractivity contribution >= 4 is 11.4 Å². The number of benzene rings is 1. The summed E-state index contributed by atoms with van der Waals surface area (Å²) in [6.45, 7) is 4.10. The molecule has 2 N–H and O–H groups in total. The number of nitrogens with two attached hydrogens (primary N) is 1. The third-order valence-electron chi connectivity index (χ3n) is 3.37. The maximum absolute atomic E-state index is 6.17. The molecule has 0 amide bonds. The quantitative estimate of drug-likeness (QED) is 0.580. The molecule has 0 spiro atoms. The largest absolute Gasteiger partial charge is 0.486 e. The third kappa shape index (κ3) is 4.15. The van der Waals surface area contributed by atoms with Crippen LogP contribution in [0.5, 0.6) is 11.5 Å². The van der Waals surface area contributed by atoms with Crippen molar-refractivity contribution in [3.05, 3.63) is 12.1 Å². The molecule has 118 valence electrons. The number of anilines is 2. The first-order valence-corrected chi connectivity index (χ1v) is 7.18. The van der Waals surface area contributed by atoms with E-state index in [0.29, 0.717) is 37.9 Å². The highest BCUT2D eigenvalue weighted by molar-refractivity contribution is 5.73. The van der Waals surface area contributed by atoms with E-state index < -0.39 is 0 Å². The van der Waals surface area contributed by atoms with Gasteiger partial charge in [-0.2, -0.15) is 0 Å². The average Bonchev–Trinajstić information content (AvgIpc) is 2.50. The SMILES string of the molecule is COCCCN(CCOC)c1cc2c(cc1N)OCCO2. The molecule has 0 fully saturated rings. The summed E-state index contributed by atoms with van der Waals surface area (Å²) in [5, 5.41) is 0. The summed E-state index contributed by atoms with van der Waals surface area (Å²) in [6.07, 6.45) is 0.925. The minimum Gasteiger partial charge on any atom is -0.486 e. The maximum atomic E-state index is 6.17. The van der Waals surface area contributed by atoms with Crippen LogP contribution in [0.4, 0.5) is 11.4 Å². The lowest BCUT2D eigenvalue weighted by Crippen LogP contribution is -2.30. The molecule has 1 aliphatic rings. The van der Waals surface area contributed by atoms with Gasteiger partial charge in [0.25, 0.3) is 0 Å². The molecule has 0 aliphatic carbocycles. The van der Waals surface area contributed by atoms with Crippen LogP contribution in [0.15, 0.2) is 12.1 Å². The molecule has 1 heterocycles. The van der Waals surface area contributed by atoms with Crippen LogP contribution in [0, 0.1) is 0 Å². The molecule has 6 nitrogen and oxygen atoms in total. The van der Waals surface area contributed by atoms with E-state index in [9.17, 15) is 0 Å². The highest BCUT2D eigenvalue weighted by Crippen LogP contribution is 2.38. The second kappa shape index (κ2) is 7.95. The van der Waals surface area contributed by atoms with Crippen molar-refractivity contribution in [3.8, 4) is 11.5 Å². The summed E-state index contributed by atoms with van der Waals surface area (Å²) in [5.41, 5.74) is 7.81. The number of hydrogen-bond acceptors (Lipinski definition) is 6. The normalized spacial score (nSPS) is 13.2. The van der Waals surface area contributed by atoms with Crippen LogP contribution in [0.3, 0.4) is 0 Å². The zero-order valence-corrected chi connectivity index (χ0v) is 12.8. The van der Waals surface area contributed by atoms with E-state index in [0.717, 1.165) is 30.9 Å². The highest BCUT2D eigenvalue weighted by atomic mass is 16.6. The zero-order valence-electron chi connectivity index (χ0n) is 12.8. The van der Waals surface area contributed by atoms with Crippen LogP contribution >= 0.6 is 0 Å². The van der Waals surface area contributed by atoms with E-state index in [2.05, 4.69) is 4.90 Å². The molecule has 2 rings (SSSR count). The summed E-state index contributed by atoms with van der Waals surface area (Å²) in [6, 6.07) is 3.78. The van der Waals surface area contributed by atoms with E-state index in [1.807, 2.05) is 12.1 Å². The van der Waals surface area contributed by atoms with Crippen molar-refractivity contribution in [2.45, 2.75) is 6.42 Å². The smallest absolute Gasteiger partial charge is 0.163 e. The molecule has 6 heteroatoms. The Bertz CT molecular complexity index is 454. The molecule has 1 aromatic carbocycles. The Kier molecular flexibility index (Phi) is 5.95. The van der Waals surface area contributed by atoms with Crippen molar-refractivity contribution < 1.29 is 18.9 Å². The fourth-order valence-electron chi connectivity index (χ4n) is 2.32. The molecule has 1 aliphatic heterocycles. The van der Waals surface area contributed by atoms with E-state index in [-0.39, 0.29) is 0 Å². The van der Waals surface area contributed by atoms with Gasteiger partial charge in [-0.05, 0) is 6.42 Å². The summed E-state index contributed by atoms with van der Waals surface area (Å²) in [5.74, 6) is 1.46. The molecule has 1 aromatic rings. The minimum atomic E-state index is 0.563. The van der Waals surface area contributed by atoms with Crippen LogP contribution < -0.4 is 20.1 Å². The maximum Gasteiger partial charge on any atom is 0.163 e. The van der Waals surface area contributed by atoms with E-state index in [4.69, 9.17) is 24.7 Å². The van der Waals surface area contributed by atoms with Crippen LogP contribution in [-0.4, -0.2) is 53.7 Å². The Balaban J connectivity index is 2.16. The third-order valence-corrected chi connectivity index (χ3v) is 3.37. The van der Waals surface area contributed by atoms with Crippen molar-refractivity contribution in [2.75, 3.05) is 64.4 Å². The molecule has 0 bridgehead atoms. The number of ether oxygens (including phenoxy) is 4. The summed E-state index contributed by atoms with van der Waals surface area (Å²) >= 11 is 0. The van der Waals surface area contributed by atoms with Gasteiger partial charge in [0.2, 0.25) is 0 Å². The average molecular weight is 296 g/mol. The van der Waals surface area contributed by atoms with Crippen molar-refractivity contribution in [1.82, 2.24) is 0 Å². The molecule has 0 atom stereocenters. The summed E-state index contributed by atoms with van der Waals surface area (Å²) in [7, 11) is 3.40. The van der Waals surface area contributed by atoms with Gasteiger partial charge in [0, 0.05) is 46.0 Å². The minimum absolute atomic E-state index is 0.563. The topological polar surface area (TPSA) is 66.2 Å². The van der Waals surface area contributed by atoms with Gasteiger partial charge in [0.15, 0.2) is 11.5 Å². The standard InChI is InChI=1S/C15H24N2O4/c1-18-6-3-4-17(5-7-19-2)13-11-15-14(10-12(13)16)20-8-9-21-15/h10-11H,3-9,16H2,1-2H3. The van der Waals surface area contributed by atoms with Gasteiger partial charge < -0.3 is 29.6 Å². The van der Waals surface area contributed by atoms with Crippen molar-refractivity contribution in [3.63, 3.8) is 0 Å². The first-order chi connectivity index (χ1) is 10.3. The second-order valence-electron chi connectivity index (χ2n) is 4.88. The van der Waals surface area contributed by atoms with E-state index >= 15 is 0 Å². The Morgan fingerprint density at radius 3 is 2.38 bits per heavy atom. The van der Waals surface area contributed by atoms with Gasteiger partial charge >= 0.3 is 0 Å². The highest BCUT2D eigenvalue weighted by Gasteiger charge is 2.18. The molecule has 21 heavy (non-hydrogen) atoms. The number of methoxy groups -OCH3 is 2.